The number of amides is 3. The van der Waals surface area contributed by atoms with E-state index >= 15 is 0 Å². The van der Waals surface area contributed by atoms with Crippen LogP contribution in [0.1, 0.15) is 41.6 Å². The van der Waals surface area contributed by atoms with Crippen LogP contribution in [0.5, 0.6) is 0 Å². The third kappa shape index (κ3) is 3.20. The topological polar surface area (TPSA) is 66.5 Å². The highest BCUT2D eigenvalue weighted by atomic mass is 35.5. The van der Waals surface area contributed by atoms with Crippen molar-refractivity contribution in [3.05, 3.63) is 58.6 Å². The van der Waals surface area contributed by atoms with E-state index in [0.717, 1.165) is 31.2 Å². The highest BCUT2D eigenvalue weighted by molar-refractivity contribution is 6.31. The normalized spacial score (nSPS) is 21.6. The van der Waals surface area contributed by atoms with Gasteiger partial charge in [-0.1, -0.05) is 30.5 Å². The highest BCUT2D eigenvalue weighted by Gasteiger charge is 2.48. The molecule has 4 rings (SSSR count). The molecular formula is C22H21ClN2O3. The molecule has 1 aliphatic heterocycles. The van der Waals surface area contributed by atoms with Crippen LogP contribution in [0.15, 0.2) is 42.5 Å². The summed E-state index contributed by atoms with van der Waals surface area (Å²) in [5.74, 6) is -0.863. The second kappa shape index (κ2) is 7.40. The van der Waals surface area contributed by atoms with Gasteiger partial charge in [-0.15, -0.1) is 0 Å². The Hall–Kier alpha value is -2.66. The molecule has 1 heterocycles. The van der Waals surface area contributed by atoms with Crippen LogP contribution in [-0.2, 0) is 9.59 Å². The van der Waals surface area contributed by atoms with Crippen LogP contribution in [0.25, 0.3) is 0 Å². The van der Waals surface area contributed by atoms with E-state index in [1.165, 1.54) is 4.90 Å². The quantitative estimate of drug-likeness (QED) is 0.772. The van der Waals surface area contributed by atoms with E-state index in [-0.39, 0.29) is 29.6 Å². The Bertz CT molecular complexity index is 931. The van der Waals surface area contributed by atoms with Crippen LogP contribution in [0.2, 0.25) is 5.02 Å². The summed E-state index contributed by atoms with van der Waals surface area (Å²) < 4.78 is 0. The summed E-state index contributed by atoms with van der Waals surface area (Å²) in [7, 11) is 0. The van der Waals surface area contributed by atoms with Crippen LogP contribution < -0.4 is 10.2 Å². The lowest BCUT2D eigenvalue weighted by Crippen LogP contribution is -2.30. The van der Waals surface area contributed by atoms with Crippen molar-refractivity contribution in [1.82, 2.24) is 0 Å². The Morgan fingerprint density at radius 3 is 2.21 bits per heavy atom. The zero-order chi connectivity index (χ0) is 19.8. The van der Waals surface area contributed by atoms with Gasteiger partial charge in [0.05, 0.1) is 17.5 Å². The van der Waals surface area contributed by atoms with Crippen LogP contribution in [0.4, 0.5) is 11.4 Å². The second-order valence-electron chi connectivity index (χ2n) is 7.42. The fourth-order valence-electron chi connectivity index (χ4n) is 4.12. The first-order chi connectivity index (χ1) is 13.5. The fourth-order valence-corrected chi connectivity index (χ4v) is 4.29. The summed E-state index contributed by atoms with van der Waals surface area (Å²) in [6.07, 6.45) is 3.56. The monoisotopic (exact) mass is 396 g/mol. The van der Waals surface area contributed by atoms with E-state index in [1.807, 2.05) is 6.92 Å². The molecule has 6 heteroatoms. The predicted molar refractivity (Wildman–Crippen MR) is 109 cm³/mol. The smallest absolute Gasteiger partial charge is 0.255 e. The van der Waals surface area contributed by atoms with Crippen LogP contribution in [0.3, 0.4) is 0 Å². The van der Waals surface area contributed by atoms with Gasteiger partial charge in [-0.05, 0) is 61.7 Å². The number of halogens is 1. The average molecular weight is 397 g/mol. The maximum absolute atomic E-state index is 12.7. The van der Waals surface area contributed by atoms with E-state index in [0.29, 0.717) is 22.0 Å². The summed E-state index contributed by atoms with van der Waals surface area (Å²) in [6.45, 7) is 1.84. The Morgan fingerprint density at radius 2 is 1.61 bits per heavy atom. The lowest BCUT2D eigenvalue weighted by atomic mass is 9.81. The van der Waals surface area contributed by atoms with Gasteiger partial charge in [-0.2, -0.15) is 0 Å². The number of carbonyl (C=O) groups excluding carboxylic acids is 3. The van der Waals surface area contributed by atoms with Crippen molar-refractivity contribution in [3.63, 3.8) is 0 Å². The number of rotatable bonds is 3. The molecule has 0 bridgehead atoms. The molecule has 1 aliphatic carbocycles. The Morgan fingerprint density at radius 1 is 1.00 bits per heavy atom. The fraction of sp³-hybridized carbons (Fsp3) is 0.318. The van der Waals surface area contributed by atoms with Gasteiger partial charge < -0.3 is 5.32 Å². The number of nitrogens with zero attached hydrogens (tertiary/aromatic N) is 1. The molecule has 144 valence electrons. The minimum atomic E-state index is -0.273. The zero-order valence-electron chi connectivity index (χ0n) is 15.6. The van der Waals surface area contributed by atoms with Crippen LogP contribution in [0, 0.1) is 18.8 Å². The molecule has 1 saturated heterocycles. The molecule has 2 fully saturated rings. The second-order valence-corrected chi connectivity index (χ2v) is 7.83. The number of fused-ring (bicyclic) bond motifs is 1. The summed E-state index contributed by atoms with van der Waals surface area (Å²) in [4.78, 5) is 39.2. The molecular weight excluding hydrogens is 376 g/mol. The molecule has 5 nitrogen and oxygen atoms in total. The summed E-state index contributed by atoms with van der Waals surface area (Å²) in [5.41, 5.74) is 2.42. The van der Waals surface area contributed by atoms with Crippen molar-refractivity contribution >= 4 is 40.7 Å². The molecule has 2 aromatic rings. The Balaban J connectivity index is 1.52. The summed E-state index contributed by atoms with van der Waals surface area (Å²) >= 11 is 6.10. The van der Waals surface area contributed by atoms with E-state index in [4.69, 9.17) is 11.6 Å². The van der Waals surface area contributed by atoms with Gasteiger partial charge in [0, 0.05) is 16.3 Å². The lowest BCUT2D eigenvalue weighted by Gasteiger charge is -2.19. The lowest BCUT2D eigenvalue weighted by molar-refractivity contribution is -0.122. The van der Waals surface area contributed by atoms with E-state index < -0.39 is 0 Å². The Kier molecular flexibility index (Phi) is 4.94. The first-order valence-electron chi connectivity index (χ1n) is 9.51. The van der Waals surface area contributed by atoms with Gasteiger partial charge in [0.1, 0.15) is 0 Å². The first kappa shape index (κ1) is 18.7. The molecule has 0 unspecified atom stereocenters. The molecule has 0 aromatic heterocycles. The van der Waals surface area contributed by atoms with Gasteiger partial charge >= 0.3 is 0 Å². The SMILES string of the molecule is Cc1c(Cl)cccc1NC(=O)c1ccc(N2C(=O)[C@@H]3CCCC[C@H]3C2=O)cc1. The van der Waals surface area contributed by atoms with Crippen molar-refractivity contribution in [3.8, 4) is 0 Å². The number of anilines is 2. The van der Waals surface area contributed by atoms with Crippen molar-refractivity contribution in [1.29, 1.82) is 0 Å². The summed E-state index contributed by atoms with van der Waals surface area (Å²) in [6, 6.07) is 11.9. The molecule has 28 heavy (non-hydrogen) atoms. The van der Waals surface area contributed by atoms with Gasteiger partial charge in [0.25, 0.3) is 5.91 Å². The number of hydrogen-bond acceptors (Lipinski definition) is 3. The van der Waals surface area contributed by atoms with E-state index in [9.17, 15) is 14.4 Å². The maximum Gasteiger partial charge on any atom is 0.255 e. The van der Waals surface area contributed by atoms with Crippen molar-refractivity contribution < 1.29 is 14.4 Å². The highest BCUT2D eigenvalue weighted by Crippen LogP contribution is 2.40. The number of benzene rings is 2. The first-order valence-corrected chi connectivity index (χ1v) is 9.89. The van der Waals surface area contributed by atoms with E-state index in [2.05, 4.69) is 5.32 Å². The minimum absolute atomic E-state index is 0.110. The molecule has 0 spiro atoms. The van der Waals surface area contributed by atoms with Crippen molar-refractivity contribution in [2.24, 2.45) is 11.8 Å². The van der Waals surface area contributed by atoms with E-state index in [1.54, 1.807) is 42.5 Å². The van der Waals surface area contributed by atoms with Crippen molar-refractivity contribution in [2.75, 3.05) is 10.2 Å². The van der Waals surface area contributed by atoms with Gasteiger partial charge in [0.2, 0.25) is 11.8 Å². The number of nitrogens with one attached hydrogen (secondary N) is 1. The predicted octanol–water partition coefficient (Wildman–Crippen LogP) is 4.58. The third-order valence-electron chi connectivity index (χ3n) is 5.74. The molecule has 2 aromatic carbocycles. The molecule has 0 radical (unpaired) electrons. The zero-order valence-corrected chi connectivity index (χ0v) is 16.3. The van der Waals surface area contributed by atoms with Gasteiger partial charge in [0.15, 0.2) is 0 Å². The van der Waals surface area contributed by atoms with Crippen LogP contribution >= 0.6 is 11.6 Å². The average Bonchev–Trinajstić information content (AvgIpc) is 2.96. The standard InChI is InChI=1S/C22H21ClN2O3/c1-13-18(23)7-4-8-19(13)24-20(26)14-9-11-15(12-10-14)25-21(27)16-5-2-3-6-17(16)22(25)28/h4,7-12,16-17H,2-3,5-6H2,1H3,(H,24,26)/t16-,17-/m1/s1. The molecule has 1 N–H and O–H groups in total. The summed E-state index contributed by atoms with van der Waals surface area (Å²) in [5, 5.41) is 3.43. The molecule has 3 amide bonds. The molecule has 1 saturated carbocycles. The molecule has 2 aliphatic rings. The molecule has 2 atom stereocenters. The number of hydrogen-bond donors (Lipinski definition) is 1. The Labute approximate surface area is 168 Å². The van der Waals surface area contributed by atoms with Crippen molar-refractivity contribution in [2.45, 2.75) is 32.6 Å². The maximum atomic E-state index is 12.7. The third-order valence-corrected chi connectivity index (χ3v) is 6.15. The largest absolute Gasteiger partial charge is 0.322 e. The van der Waals surface area contributed by atoms with Crippen LogP contribution in [-0.4, -0.2) is 17.7 Å². The van der Waals surface area contributed by atoms with Gasteiger partial charge in [-0.3, -0.25) is 19.3 Å². The number of imide groups is 1. The number of carbonyl (C=O) groups is 3. The minimum Gasteiger partial charge on any atom is -0.322 e. The van der Waals surface area contributed by atoms with Gasteiger partial charge in [-0.25, -0.2) is 0 Å².